The summed E-state index contributed by atoms with van der Waals surface area (Å²) >= 11 is 6.32. The number of carbonyl (C=O) groups is 1. The van der Waals surface area contributed by atoms with Gasteiger partial charge in [-0.05, 0) is 26.0 Å². The zero-order chi connectivity index (χ0) is 13.7. The SMILES string of the molecule is Cc1cc2c(C(=O)CN)c3oc(C)cc3c(Cl)c2o1. The smallest absolute Gasteiger partial charge is 0.180 e. The molecule has 0 aliphatic heterocycles. The molecular formula is C14H12ClNO3. The van der Waals surface area contributed by atoms with E-state index in [9.17, 15) is 4.79 Å². The number of Topliss-reactive ketones (excluding diaryl/α,β-unsaturated/α-hetero) is 1. The molecule has 0 saturated heterocycles. The molecule has 0 spiro atoms. The fourth-order valence-corrected chi connectivity index (χ4v) is 2.63. The van der Waals surface area contributed by atoms with Crippen molar-refractivity contribution in [3.63, 3.8) is 0 Å². The van der Waals surface area contributed by atoms with Crippen molar-refractivity contribution >= 4 is 39.3 Å². The zero-order valence-electron chi connectivity index (χ0n) is 10.5. The van der Waals surface area contributed by atoms with Crippen LogP contribution in [0.15, 0.2) is 21.0 Å². The third kappa shape index (κ3) is 1.68. The molecule has 1 aromatic carbocycles. The molecule has 0 unspecified atom stereocenters. The lowest BCUT2D eigenvalue weighted by Gasteiger charge is -2.03. The van der Waals surface area contributed by atoms with Gasteiger partial charge in [0.2, 0.25) is 0 Å². The minimum absolute atomic E-state index is 0.0875. The van der Waals surface area contributed by atoms with Crippen molar-refractivity contribution in [1.82, 2.24) is 0 Å². The molecule has 3 aromatic rings. The highest BCUT2D eigenvalue weighted by Crippen LogP contribution is 2.39. The van der Waals surface area contributed by atoms with Crippen LogP contribution in [-0.4, -0.2) is 12.3 Å². The standard InChI is InChI=1S/C14H12ClNO3/c1-6-3-8-11(10(17)5-16)13-9(4-7(2)18-13)12(15)14(8)19-6/h3-4H,5,16H2,1-2H3. The monoisotopic (exact) mass is 277 g/mol. The van der Waals surface area contributed by atoms with E-state index in [1.807, 2.05) is 0 Å². The number of ketones is 1. The molecule has 0 bridgehead atoms. The van der Waals surface area contributed by atoms with Crippen LogP contribution < -0.4 is 5.73 Å². The molecule has 0 atom stereocenters. The Morgan fingerprint density at radius 2 is 1.74 bits per heavy atom. The highest BCUT2D eigenvalue weighted by atomic mass is 35.5. The summed E-state index contributed by atoms with van der Waals surface area (Å²) in [5.41, 5.74) is 6.91. The topological polar surface area (TPSA) is 69.4 Å². The lowest BCUT2D eigenvalue weighted by Crippen LogP contribution is -2.14. The molecule has 3 rings (SSSR count). The average molecular weight is 278 g/mol. The number of benzene rings is 1. The van der Waals surface area contributed by atoms with E-state index in [-0.39, 0.29) is 12.3 Å². The van der Waals surface area contributed by atoms with Crippen LogP contribution in [0.4, 0.5) is 0 Å². The van der Waals surface area contributed by atoms with Crippen LogP contribution in [0.2, 0.25) is 5.02 Å². The lowest BCUT2D eigenvalue weighted by atomic mass is 10.0. The second kappa shape index (κ2) is 4.11. The Bertz CT molecular complexity index is 755. The number of hydrogen-bond donors (Lipinski definition) is 1. The Balaban J connectivity index is 2.58. The van der Waals surface area contributed by atoms with Gasteiger partial charge in [-0.25, -0.2) is 0 Å². The van der Waals surface area contributed by atoms with Crippen molar-refractivity contribution < 1.29 is 13.6 Å². The number of hydrogen-bond acceptors (Lipinski definition) is 4. The van der Waals surface area contributed by atoms with Crippen molar-refractivity contribution in [2.75, 3.05) is 6.54 Å². The molecule has 0 aliphatic rings. The van der Waals surface area contributed by atoms with Crippen molar-refractivity contribution in [3.05, 3.63) is 34.2 Å². The minimum Gasteiger partial charge on any atom is -0.461 e. The highest BCUT2D eigenvalue weighted by Gasteiger charge is 2.23. The molecular weight excluding hydrogens is 266 g/mol. The second-order valence-electron chi connectivity index (χ2n) is 4.52. The summed E-state index contributed by atoms with van der Waals surface area (Å²) in [6, 6.07) is 3.57. The number of halogens is 1. The molecule has 0 aliphatic carbocycles. The summed E-state index contributed by atoms with van der Waals surface area (Å²) in [6.07, 6.45) is 0. The summed E-state index contributed by atoms with van der Waals surface area (Å²) < 4.78 is 11.2. The Labute approximate surface area is 114 Å². The van der Waals surface area contributed by atoms with E-state index in [0.717, 1.165) is 0 Å². The van der Waals surface area contributed by atoms with Gasteiger partial charge in [-0.3, -0.25) is 4.79 Å². The maximum absolute atomic E-state index is 12.1. The van der Waals surface area contributed by atoms with Gasteiger partial charge in [0.05, 0.1) is 17.1 Å². The molecule has 2 N–H and O–H groups in total. The molecule has 0 saturated carbocycles. The van der Waals surface area contributed by atoms with E-state index in [4.69, 9.17) is 26.2 Å². The molecule has 98 valence electrons. The number of nitrogens with two attached hydrogens (primary N) is 1. The Morgan fingerprint density at radius 1 is 1.16 bits per heavy atom. The Hall–Kier alpha value is -1.78. The van der Waals surface area contributed by atoms with Crippen molar-refractivity contribution in [2.45, 2.75) is 13.8 Å². The van der Waals surface area contributed by atoms with Gasteiger partial charge in [-0.2, -0.15) is 0 Å². The fraction of sp³-hybridized carbons (Fsp3) is 0.214. The number of carbonyl (C=O) groups excluding carboxylic acids is 1. The lowest BCUT2D eigenvalue weighted by molar-refractivity contribution is 0.100. The number of rotatable bonds is 2. The van der Waals surface area contributed by atoms with Crippen molar-refractivity contribution in [1.29, 1.82) is 0 Å². The van der Waals surface area contributed by atoms with Crippen LogP contribution in [0.3, 0.4) is 0 Å². The molecule has 0 radical (unpaired) electrons. The van der Waals surface area contributed by atoms with Gasteiger partial charge in [0.25, 0.3) is 0 Å². The summed E-state index contributed by atoms with van der Waals surface area (Å²) in [6.45, 7) is 3.52. The van der Waals surface area contributed by atoms with Gasteiger partial charge in [0.15, 0.2) is 11.4 Å². The Morgan fingerprint density at radius 3 is 2.37 bits per heavy atom. The maximum atomic E-state index is 12.1. The largest absolute Gasteiger partial charge is 0.461 e. The summed E-state index contributed by atoms with van der Waals surface area (Å²) in [4.78, 5) is 12.1. The molecule has 0 amide bonds. The first-order valence-corrected chi connectivity index (χ1v) is 6.25. The molecule has 19 heavy (non-hydrogen) atoms. The van der Waals surface area contributed by atoms with E-state index < -0.39 is 0 Å². The van der Waals surface area contributed by atoms with Gasteiger partial charge in [-0.1, -0.05) is 11.6 Å². The first-order valence-electron chi connectivity index (χ1n) is 5.88. The predicted molar refractivity (Wildman–Crippen MR) is 73.9 cm³/mol. The quantitative estimate of drug-likeness (QED) is 0.727. The first kappa shape index (κ1) is 12.3. The van der Waals surface area contributed by atoms with Gasteiger partial charge in [0.1, 0.15) is 17.1 Å². The third-order valence-corrected chi connectivity index (χ3v) is 3.48. The summed E-state index contributed by atoms with van der Waals surface area (Å²) in [5.74, 6) is 1.18. The first-order chi connectivity index (χ1) is 9.02. The van der Waals surface area contributed by atoms with Gasteiger partial charge in [0, 0.05) is 10.8 Å². The van der Waals surface area contributed by atoms with Crippen LogP contribution in [0, 0.1) is 13.8 Å². The highest BCUT2D eigenvalue weighted by molar-refractivity contribution is 6.41. The normalized spacial score (nSPS) is 11.6. The van der Waals surface area contributed by atoms with E-state index in [1.54, 1.807) is 26.0 Å². The molecule has 5 heteroatoms. The van der Waals surface area contributed by atoms with Crippen molar-refractivity contribution in [3.8, 4) is 0 Å². The fourth-order valence-electron chi connectivity index (χ4n) is 2.35. The van der Waals surface area contributed by atoms with E-state index >= 15 is 0 Å². The number of furan rings is 2. The van der Waals surface area contributed by atoms with Crippen LogP contribution >= 0.6 is 11.6 Å². The molecule has 2 heterocycles. The molecule has 0 fully saturated rings. The van der Waals surface area contributed by atoms with Gasteiger partial charge >= 0.3 is 0 Å². The van der Waals surface area contributed by atoms with Gasteiger partial charge < -0.3 is 14.6 Å². The second-order valence-corrected chi connectivity index (χ2v) is 4.89. The van der Waals surface area contributed by atoms with E-state index in [0.29, 0.717) is 44.0 Å². The van der Waals surface area contributed by atoms with E-state index in [1.165, 1.54) is 0 Å². The minimum atomic E-state index is -0.193. The maximum Gasteiger partial charge on any atom is 0.180 e. The number of aryl methyl sites for hydroxylation is 2. The third-order valence-electron chi connectivity index (χ3n) is 3.11. The zero-order valence-corrected chi connectivity index (χ0v) is 11.3. The van der Waals surface area contributed by atoms with Crippen LogP contribution in [0.1, 0.15) is 21.9 Å². The van der Waals surface area contributed by atoms with Crippen LogP contribution in [0.5, 0.6) is 0 Å². The van der Waals surface area contributed by atoms with Crippen LogP contribution in [0.25, 0.3) is 21.9 Å². The summed E-state index contributed by atoms with van der Waals surface area (Å²) in [5, 5.41) is 1.79. The molecule has 4 nitrogen and oxygen atoms in total. The predicted octanol–water partition coefficient (Wildman–Crippen LogP) is 3.59. The molecule has 2 aromatic heterocycles. The van der Waals surface area contributed by atoms with Crippen LogP contribution in [-0.2, 0) is 0 Å². The van der Waals surface area contributed by atoms with Gasteiger partial charge in [-0.15, -0.1) is 0 Å². The Kier molecular flexibility index (Phi) is 2.66. The number of fused-ring (bicyclic) bond motifs is 2. The summed E-state index contributed by atoms with van der Waals surface area (Å²) in [7, 11) is 0. The van der Waals surface area contributed by atoms with Crippen molar-refractivity contribution in [2.24, 2.45) is 5.73 Å². The average Bonchev–Trinajstić information content (AvgIpc) is 2.92. The van der Waals surface area contributed by atoms with E-state index in [2.05, 4.69) is 0 Å².